The van der Waals surface area contributed by atoms with Crippen LogP contribution in [0.4, 0.5) is 0 Å². The summed E-state index contributed by atoms with van der Waals surface area (Å²) in [5.74, 6) is 0.419. The van der Waals surface area contributed by atoms with Crippen LogP contribution in [-0.2, 0) is 9.30 Å². The summed E-state index contributed by atoms with van der Waals surface area (Å²) in [6, 6.07) is 0. The molecule has 0 bridgehead atoms. The van der Waals surface area contributed by atoms with Crippen LogP contribution in [0.3, 0.4) is 0 Å². The second-order valence-electron chi connectivity index (χ2n) is 3.62. The molecule has 0 aromatic heterocycles. The van der Waals surface area contributed by atoms with Crippen LogP contribution in [-0.4, -0.2) is 25.5 Å². The third-order valence-corrected chi connectivity index (χ3v) is 3.89. The minimum absolute atomic E-state index is 0.114. The van der Waals surface area contributed by atoms with E-state index in [9.17, 15) is 4.57 Å². The normalized spacial score (nSPS) is 42.2. The van der Waals surface area contributed by atoms with E-state index in [1.807, 2.05) is 0 Å². The molecule has 72 valence electrons. The SMILES string of the molecule is [3H][C@H]1CC(C)[C@@H](CCP(C)(=O)S)O1. The van der Waals surface area contributed by atoms with Gasteiger partial charge >= 0.3 is 0 Å². The average Bonchev–Trinajstić information content (AvgIpc) is 2.24. The highest BCUT2D eigenvalue weighted by Crippen LogP contribution is 2.47. The maximum Gasteiger partial charge on any atom is 0.133 e. The Morgan fingerprint density at radius 1 is 1.83 bits per heavy atom. The summed E-state index contributed by atoms with van der Waals surface area (Å²) in [6.07, 6.45) is 0.0801. The molecule has 0 radical (unpaired) electrons. The van der Waals surface area contributed by atoms with E-state index in [0.29, 0.717) is 12.1 Å². The molecule has 1 aliphatic rings. The molecule has 0 aromatic carbocycles. The number of rotatable bonds is 3. The highest BCUT2D eigenvalue weighted by molar-refractivity contribution is 8.47. The first-order valence-corrected chi connectivity index (χ1v) is 7.74. The molecule has 4 atom stereocenters. The van der Waals surface area contributed by atoms with Crippen LogP contribution in [0.15, 0.2) is 0 Å². The van der Waals surface area contributed by atoms with E-state index >= 15 is 0 Å². The van der Waals surface area contributed by atoms with Crippen molar-refractivity contribution in [2.75, 3.05) is 19.4 Å². The van der Waals surface area contributed by atoms with Crippen LogP contribution in [0, 0.1) is 5.92 Å². The highest BCUT2D eigenvalue weighted by Gasteiger charge is 2.25. The standard InChI is InChI=1S/C8H17O2PS/c1-7-3-5-10-8(7)4-6-11(2,9)12/h7-8H,3-6H2,1-2H3,(H,9,12)/t7?,8-,11?/m1/s1/i5T/t5-,7?,8+,11?/m0. The number of thiol groups is 1. The van der Waals surface area contributed by atoms with Crippen molar-refractivity contribution in [1.29, 1.82) is 0 Å². The van der Waals surface area contributed by atoms with Crippen LogP contribution in [0.2, 0.25) is 0 Å². The zero-order valence-electron chi connectivity index (χ0n) is 8.56. The quantitative estimate of drug-likeness (QED) is 0.572. The first-order valence-electron chi connectivity index (χ1n) is 4.83. The first kappa shape index (κ1) is 9.11. The van der Waals surface area contributed by atoms with Gasteiger partial charge in [0.2, 0.25) is 0 Å². The largest absolute Gasteiger partial charge is 0.378 e. The van der Waals surface area contributed by atoms with Crippen molar-refractivity contribution < 1.29 is 10.7 Å². The van der Waals surface area contributed by atoms with Gasteiger partial charge in [-0.1, -0.05) is 6.92 Å². The van der Waals surface area contributed by atoms with Gasteiger partial charge in [0.1, 0.15) is 6.34 Å². The fraction of sp³-hybridized carbons (Fsp3) is 1.00. The first-order chi connectivity index (χ1) is 5.88. The fourth-order valence-electron chi connectivity index (χ4n) is 1.34. The summed E-state index contributed by atoms with van der Waals surface area (Å²) in [7, 11) is 0. The number of hydrogen-bond acceptors (Lipinski definition) is 2. The Hall–Kier alpha value is 0.540. The van der Waals surface area contributed by atoms with E-state index in [0.717, 1.165) is 12.8 Å². The zero-order valence-corrected chi connectivity index (χ0v) is 9.35. The van der Waals surface area contributed by atoms with E-state index in [-0.39, 0.29) is 12.7 Å². The molecular weight excluding hydrogens is 191 g/mol. The van der Waals surface area contributed by atoms with Gasteiger partial charge in [0.05, 0.1) is 7.47 Å². The lowest BCUT2D eigenvalue weighted by atomic mass is 10.0. The Balaban J connectivity index is 2.34. The van der Waals surface area contributed by atoms with E-state index in [4.69, 9.17) is 6.11 Å². The Bertz CT molecular complexity index is 218. The lowest BCUT2D eigenvalue weighted by molar-refractivity contribution is 0.0917. The number of hydrogen-bond donors (Lipinski definition) is 1. The average molecular weight is 210 g/mol. The predicted octanol–water partition coefficient (Wildman–Crippen LogP) is 2.64. The maximum absolute atomic E-state index is 11.3. The Labute approximate surface area is 81.0 Å². The third-order valence-electron chi connectivity index (χ3n) is 2.20. The monoisotopic (exact) mass is 210 g/mol. The minimum atomic E-state index is -2.21. The maximum atomic E-state index is 11.3. The third kappa shape index (κ3) is 3.51. The molecule has 4 heteroatoms. The van der Waals surface area contributed by atoms with Gasteiger partial charge in [0.25, 0.3) is 0 Å². The van der Waals surface area contributed by atoms with Crippen LogP contribution in [0.5, 0.6) is 0 Å². The summed E-state index contributed by atoms with van der Waals surface area (Å²) in [5.41, 5.74) is 0. The second-order valence-corrected chi connectivity index (χ2v) is 8.71. The molecule has 2 nitrogen and oxygen atoms in total. The predicted molar refractivity (Wildman–Crippen MR) is 55.5 cm³/mol. The molecule has 0 N–H and O–H groups in total. The molecule has 0 aromatic rings. The van der Waals surface area contributed by atoms with Crippen LogP contribution >= 0.6 is 18.6 Å². The minimum Gasteiger partial charge on any atom is -0.378 e. The second kappa shape index (κ2) is 4.17. The van der Waals surface area contributed by atoms with E-state index in [1.165, 1.54) is 0 Å². The van der Waals surface area contributed by atoms with Gasteiger partial charge in [-0.3, -0.25) is 0 Å². The van der Waals surface area contributed by atoms with Crippen LogP contribution < -0.4 is 0 Å². The Morgan fingerprint density at radius 2 is 2.50 bits per heavy atom. The summed E-state index contributed by atoms with van der Waals surface area (Å²) < 4.78 is 24.1. The molecule has 0 saturated carbocycles. The summed E-state index contributed by atoms with van der Waals surface area (Å²) in [4.78, 5) is 0. The molecule has 0 aliphatic carbocycles. The molecule has 0 spiro atoms. The van der Waals surface area contributed by atoms with Crippen molar-refractivity contribution in [2.45, 2.75) is 25.9 Å². The van der Waals surface area contributed by atoms with Crippen molar-refractivity contribution in [3.05, 3.63) is 0 Å². The highest BCUT2D eigenvalue weighted by atomic mass is 32.7. The van der Waals surface area contributed by atoms with Crippen molar-refractivity contribution in [3.8, 4) is 0 Å². The Kier molecular flexibility index (Phi) is 3.16. The lowest BCUT2D eigenvalue weighted by Gasteiger charge is -2.15. The van der Waals surface area contributed by atoms with Crippen molar-refractivity contribution in [1.82, 2.24) is 0 Å². The molecule has 2 unspecified atom stereocenters. The van der Waals surface area contributed by atoms with Crippen molar-refractivity contribution in [2.24, 2.45) is 5.92 Å². The van der Waals surface area contributed by atoms with Gasteiger partial charge in [0, 0.05) is 12.7 Å². The molecule has 1 aliphatic heterocycles. The van der Waals surface area contributed by atoms with Gasteiger partial charge in [-0.2, -0.15) is 0 Å². The molecule has 1 fully saturated rings. The lowest BCUT2D eigenvalue weighted by Crippen LogP contribution is -2.14. The van der Waals surface area contributed by atoms with Crippen molar-refractivity contribution in [3.63, 3.8) is 0 Å². The van der Waals surface area contributed by atoms with E-state index in [1.54, 1.807) is 6.66 Å². The Morgan fingerprint density at radius 3 is 2.92 bits per heavy atom. The molecule has 1 saturated heterocycles. The van der Waals surface area contributed by atoms with Gasteiger partial charge < -0.3 is 9.30 Å². The molecule has 1 rings (SSSR count). The van der Waals surface area contributed by atoms with Gasteiger partial charge in [0.15, 0.2) is 0 Å². The summed E-state index contributed by atoms with van der Waals surface area (Å²) in [6.45, 7) is 3.38. The summed E-state index contributed by atoms with van der Waals surface area (Å²) >= 11 is 4.03. The van der Waals surface area contributed by atoms with E-state index < -0.39 is 6.34 Å². The van der Waals surface area contributed by atoms with Crippen molar-refractivity contribution >= 4 is 18.6 Å². The van der Waals surface area contributed by atoms with Gasteiger partial charge in [-0.15, -0.1) is 12.2 Å². The molecular formula is C8H17O2PS. The van der Waals surface area contributed by atoms with Gasteiger partial charge in [-0.05, 0) is 25.4 Å². The summed E-state index contributed by atoms with van der Waals surface area (Å²) in [5, 5.41) is 0. The van der Waals surface area contributed by atoms with Crippen LogP contribution in [0.1, 0.15) is 21.1 Å². The molecule has 12 heavy (non-hydrogen) atoms. The van der Waals surface area contributed by atoms with Crippen LogP contribution in [0.25, 0.3) is 0 Å². The molecule has 0 amide bonds. The van der Waals surface area contributed by atoms with Gasteiger partial charge in [-0.25, -0.2) is 0 Å². The molecule has 1 heterocycles. The zero-order chi connectivity index (χ0) is 10.1. The fourth-order valence-corrected chi connectivity index (χ4v) is 2.42. The smallest absolute Gasteiger partial charge is 0.133 e. The topological polar surface area (TPSA) is 26.3 Å². The van der Waals surface area contributed by atoms with E-state index in [2.05, 4.69) is 19.2 Å². The number of ether oxygens (including phenoxy) is 1.